The zero-order chi connectivity index (χ0) is 11.3. The van der Waals surface area contributed by atoms with Gasteiger partial charge in [-0.05, 0) is 31.0 Å². The first-order valence-corrected chi connectivity index (χ1v) is 5.23. The molecular formula is C13H17NO. The Labute approximate surface area is 91.0 Å². The number of benzene rings is 1. The molecule has 1 aromatic carbocycles. The van der Waals surface area contributed by atoms with Gasteiger partial charge in [0.2, 0.25) is 0 Å². The van der Waals surface area contributed by atoms with Gasteiger partial charge in [-0.2, -0.15) is 0 Å². The van der Waals surface area contributed by atoms with Crippen LogP contribution in [0.2, 0.25) is 0 Å². The molecule has 0 aliphatic carbocycles. The van der Waals surface area contributed by atoms with Crippen molar-refractivity contribution in [2.24, 2.45) is 0 Å². The summed E-state index contributed by atoms with van der Waals surface area (Å²) in [5.74, 6) is 0.822. The molecule has 2 aromatic rings. The fourth-order valence-electron chi connectivity index (χ4n) is 1.25. The van der Waals surface area contributed by atoms with Crippen molar-refractivity contribution in [2.45, 2.75) is 27.7 Å². The largest absolute Gasteiger partial charge is 0.444 e. The molecule has 0 atom stereocenters. The van der Waals surface area contributed by atoms with Gasteiger partial charge in [0, 0.05) is 5.56 Å². The Bertz CT molecular complexity index is 404. The van der Waals surface area contributed by atoms with Gasteiger partial charge in [0.25, 0.3) is 0 Å². The lowest BCUT2D eigenvalue weighted by Gasteiger charge is -2.01. The Morgan fingerprint density at radius 1 is 1.07 bits per heavy atom. The van der Waals surface area contributed by atoms with E-state index in [2.05, 4.69) is 31.0 Å². The molecular weight excluding hydrogens is 186 g/mol. The average Bonchev–Trinajstić information content (AvgIpc) is 2.78. The summed E-state index contributed by atoms with van der Waals surface area (Å²) in [6.07, 6.45) is 3.18. The molecule has 0 saturated heterocycles. The van der Waals surface area contributed by atoms with Crippen molar-refractivity contribution in [1.82, 2.24) is 4.98 Å². The molecule has 2 heteroatoms. The molecule has 2 rings (SSSR count). The van der Waals surface area contributed by atoms with Crippen molar-refractivity contribution in [3.63, 3.8) is 0 Å². The highest BCUT2D eigenvalue weighted by atomic mass is 16.3. The molecule has 1 aromatic heterocycles. The van der Waals surface area contributed by atoms with Crippen LogP contribution in [0, 0.1) is 13.8 Å². The van der Waals surface area contributed by atoms with E-state index in [1.807, 2.05) is 19.9 Å². The van der Waals surface area contributed by atoms with E-state index < -0.39 is 0 Å². The standard InChI is InChI=1S/C11H11NO.C2H6/c1-8-3-4-10(5-9(8)2)11-6-12-7-13-11;1-2/h3-7H,1-2H3;1-2H3. The molecule has 1 heterocycles. The number of rotatable bonds is 1. The lowest BCUT2D eigenvalue weighted by atomic mass is 10.1. The number of oxazole rings is 1. The third kappa shape index (κ3) is 2.69. The van der Waals surface area contributed by atoms with E-state index in [0.717, 1.165) is 11.3 Å². The molecule has 0 radical (unpaired) electrons. The summed E-state index contributed by atoms with van der Waals surface area (Å²) in [6.45, 7) is 8.19. The van der Waals surface area contributed by atoms with Gasteiger partial charge in [0.1, 0.15) is 0 Å². The molecule has 15 heavy (non-hydrogen) atoms. The Balaban J connectivity index is 0.000000531. The van der Waals surface area contributed by atoms with Gasteiger partial charge < -0.3 is 4.42 Å². The fraction of sp³-hybridized carbons (Fsp3) is 0.308. The van der Waals surface area contributed by atoms with E-state index in [1.54, 1.807) is 6.20 Å². The zero-order valence-corrected chi connectivity index (χ0v) is 9.74. The van der Waals surface area contributed by atoms with Gasteiger partial charge in [-0.25, -0.2) is 4.98 Å². The van der Waals surface area contributed by atoms with E-state index in [0.29, 0.717) is 0 Å². The van der Waals surface area contributed by atoms with Gasteiger partial charge in [-0.1, -0.05) is 26.0 Å². The van der Waals surface area contributed by atoms with Crippen molar-refractivity contribution in [3.05, 3.63) is 41.9 Å². The predicted molar refractivity (Wildman–Crippen MR) is 62.8 cm³/mol. The van der Waals surface area contributed by atoms with Crippen LogP contribution < -0.4 is 0 Å². The maximum Gasteiger partial charge on any atom is 0.181 e. The second-order valence-corrected chi connectivity index (χ2v) is 3.16. The first kappa shape index (κ1) is 11.5. The second-order valence-electron chi connectivity index (χ2n) is 3.16. The van der Waals surface area contributed by atoms with E-state index in [-0.39, 0.29) is 0 Å². The third-order valence-corrected chi connectivity index (χ3v) is 2.22. The SMILES string of the molecule is CC.Cc1ccc(-c2cnco2)cc1C. The van der Waals surface area contributed by atoms with Crippen LogP contribution in [-0.4, -0.2) is 4.98 Å². The summed E-state index contributed by atoms with van der Waals surface area (Å²) in [5, 5.41) is 0. The van der Waals surface area contributed by atoms with Gasteiger partial charge in [0.15, 0.2) is 12.2 Å². The van der Waals surface area contributed by atoms with Crippen molar-refractivity contribution < 1.29 is 4.42 Å². The summed E-state index contributed by atoms with van der Waals surface area (Å²) in [4.78, 5) is 3.88. The van der Waals surface area contributed by atoms with Crippen molar-refractivity contribution in [1.29, 1.82) is 0 Å². The smallest absolute Gasteiger partial charge is 0.181 e. The monoisotopic (exact) mass is 203 g/mol. The van der Waals surface area contributed by atoms with Crippen LogP contribution in [0.4, 0.5) is 0 Å². The van der Waals surface area contributed by atoms with Crippen LogP contribution in [0.25, 0.3) is 11.3 Å². The molecule has 2 nitrogen and oxygen atoms in total. The number of aromatic nitrogens is 1. The molecule has 0 unspecified atom stereocenters. The Hall–Kier alpha value is -1.57. The summed E-state index contributed by atoms with van der Waals surface area (Å²) in [6, 6.07) is 6.24. The average molecular weight is 203 g/mol. The minimum atomic E-state index is 0.822. The predicted octanol–water partition coefficient (Wildman–Crippen LogP) is 3.98. The second kappa shape index (κ2) is 5.35. The normalized spacial score (nSPS) is 9.33. The summed E-state index contributed by atoms with van der Waals surface area (Å²) in [7, 11) is 0. The van der Waals surface area contributed by atoms with Crippen molar-refractivity contribution in [3.8, 4) is 11.3 Å². The first-order valence-electron chi connectivity index (χ1n) is 5.23. The highest BCUT2D eigenvalue weighted by Crippen LogP contribution is 2.21. The summed E-state index contributed by atoms with van der Waals surface area (Å²) >= 11 is 0. The van der Waals surface area contributed by atoms with E-state index in [4.69, 9.17) is 4.42 Å². The Morgan fingerprint density at radius 3 is 2.33 bits per heavy atom. The quantitative estimate of drug-likeness (QED) is 0.700. The highest BCUT2D eigenvalue weighted by Gasteiger charge is 2.01. The van der Waals surface area contributed by atoms with Gasteiger partial charge in [-0.3, -0.25) is 0 Å². The summed E-state index contributed by atoms with van der Waals surface area (Å²) < 4.78 is 5.20. The van der Waals surface area contributed by atoms with E-state index >= 15 is 0 Å². The molecule has 0 amide bonds. The van der Waals surface area contributed by atoms with Crippen molar-refractivity contribution >= 4 is 0 Å². The minimum absolute atomic E-state index is 0.822. The maximum atomic E-state index is 5.20. The topological polar surface area (TPSA) is 26.0 Å². The molecule has 80 valence electrons. The van der Waals surface area contributed by atoms with Gasteiger partial charge >= 0.3 is 0 Å². The van der Waals surface area contributed by atoms with Crippen LogP contribution >= 0.6 is 0 Å². The lowest BCUT2D eigenvalue weighted by molar-refractivity contribution is 0.572. The van der Waals surface area contributed by atoms with Gasteiger partial charge in [0.05, 0.1) is 6.20 Å². The van der Waals surface area contributed by atoms with Crippen LogP contribution in [0.5, 0.6) is 0 Å². The zero-order valence-electron chi connectivity index (χ0n) is 9.74. The number of hydrogen-bond acceptors (Lipinski definition) is 2. The fourth-order valence-corrected chi connectivity index (χ4v) is 1.25. The van der Waals surface area contributed by atoms with Crippen LogP contribution in [-0.2, 0) is 0 Å². The first-order chi connectivity index (χ1) is 7.27. The Kier molecular flexibility index (Phi) is 4.10. The van der Waals surface area contributed by atoms with Crippen LogP contribution in [0.15, 0.2) is 35.2 Å². The molecule has 0 aliphatic heterocycles. The Morgan fingerprint density at radius 2 is 1.80 bits per heavy atom. The van der Waals surface area contributed by atoms with Crippen molar-refractivity contribution in [2.75, 3.05) is 0 Å². The molecule has 0 aliphatic rings. The van der Waals surface area contributed by atoms with E-state index in [1.165, 1.54) is 17.5 Å². The highest BCUT2D eigenvalue weighted by molar-refractivity contribution is 5.58. The maximum absolute atomic E-state index is 5.20. The third-order valence-electron chi connectivity index (χ3n) is 2.22. The van der Waals surface area contributed by atoms with E-state index in [9.17, 15) is 0 Å². The van der Waals surface area contributed by atoms with Gasteiger partial charge in [-0.15, -0.1) is 0 Å². The number of nitrogens with zero attached hydrogens (tertiary/aromatic N) is 1. The number of aryl methyl sites for hydroxylation is 2. The van der Waals surface area contributed by atoms with Crippen LogP contribution in [0.1, 0.15) is 25.0 Å². The molecule has 0 saturated carbocycles. The number of hydrogen-bond donors (Lipinski definition) is 0. The molecule has 0 spiro atoms. The molecule has 0 N–H and O–H groups in total. The minimum Gasteiger partial charge on any atom is -0.444 e. The molecule has 0 bridgehead atoms. The lowest BCUT2D eigenvalue weighted by Crippen LogP contribution is -1.81. The van der Waals surface area contributed by atoms with Crippen LogP contribution in [0.3, 0.4) is 0 Å². The summed E-state index contributed by atoms with van der Waals surface area (Å²) in [5.41, 5.74) is 3.65. The molecule has 0 fully saturated rings.